The van der Waals surface area contributed by atoms with Crippen LogP contribution < -0.4 is 5.32 Å². The molecule has 0 atom stereocenters. The second kappa shape index (κ2) is 4.84. The summed E-state index contributed by atoms with van der Waals surface area (Å²) in [6.07, 6.45) is 2.99. The zero-order valence-electron chi connectivity index (χ0n) is 9.77. The number of hydrogen-bond donors (Lipinski definition) is 1. The molecule has 0 aliphatic carbocycles. The predicted molar refractivity (Wildman–Crippen MR) is 66.4 cm³/mol. The molecular weight excluding hydrogens is 198 g/mol. The highest BCUT2D eigenvalue weighted by Gasteiger charge is 2.04. The van der Waals surface area contributed by atoms with E-state index < -0.39 is 0 Å². The second-order valence-corrected chi connectivity index (χ2v) is 3.86. The molecule has 0 amide bonds. The van der Waals surface area contributed by atoms with Crippen LogP contribution in [0.15, 0.2) is 36.5 Å². The number of rotatable bonds is 4. The maximum absolute atomic E-state index is 4.40. The molecule has 0 aliphatic rings. The molecule has 1 N–H and O–H groups in total. The minimum absolute atomic E-state index is 0.847. The first-order valence-corrected chi connectivity index (χ1v) is 5.60. The van der Waals surface area contributed by atoms with Gasteiger partial charge < -0.3 is 5.32 Å². The van der Waals surface area contributed by atoms with Gasteiger partial charge in [0.25, 0.3) is 0 Å². The molecule has 1 heterocycles. The van der Waals surface area contributed by atoms with Crippen molar-refractivity contribution in [1.82, 2.24) is 9.78 Å². The van der Waals surface area contributed by atoms with Crippen LogP contribution in [0.2, 0.25) is 0 Å². The standard InChI is InChI=1S/C13H17N3/c1-3-12-13(10-16(2)15-12)14-9-11-7-5-4-6-8-11/h4-8,10,14H,3,9H2,1-2H3. The van der Waals surface area contributed by atoms with Gasteiger partial charge in [0.1, 0.15) is 0 Å². The van der Waals surface area contributed by atoms with E-state index in [2.05, 4.69) is 41.6 Å². The molecule has 0 saturated heterocycles. The Labute approximate surface area is 96.1 Å². The molecular formula is C13H17N3. The van der Waals surface area contributed by atoms with Gasteiger partial charge in [0, 0.05) is 19.8 Å². The predicted octanol–water partition coefficient (Wildman–Crippen LogP) is 2.59. The van der Waals surface area contributed by atoms with E-state index in [9.17, 15) is 0 Å². The third-order valence-electron chi connectivity index (χ3n) is 2.57. The SMILES string of the molecule is CCc1nn(C)cc1NCc1ccccc1. The Kier molecular flexibility index (Phi) is 3.25. The summed E-state index contributed by atoms with van der Waals surface area (Å²) in [5, 5.41) is 7.81. The van der Waals surface area contributed by atoms with E-state index in [1.54, 1.807) is 0 Å². The van der Waals surface area contributed by atoms with Gasteiger partial charge in [0.2, 0.25) is 0 Å². The topological polar surface area (TPSA) is 29.9 Å². The lowest BCUT2D eigenvalue weighted by Gasteiger charge is -2.05. The maximum Gasteiger partial charge on any atom is 0.0853 e. The number of nitrogens with zero attached hydrogens (tertiary/aromatic N) is 2. The van der Waals surface area contributed by atoms with Gasteiger partial charge in [0.05, 0.1) is 11.4 Å². The fourth-order valence-corrected chi connectivity index (χ4v) is 1.74. The molecule has 0 saturated carbocycles. The van der Waals surface area contributed by atoms with E-state index in [1.165, 1.54) is 5.56 Å². The van der Waals surface area contributed by atoms with E-state index in [-0.39, 0.29) is 0 Å². The maximum atomic E-state index is 4.40. The first-order valence-electron chi connectivity index (χ1n) is 5.60. The fraction of sp³-hybridized carbons (Fsp3) is 0.308. The van der Waals surface area contributed by atoms with Crippen molar-refractivity contribution in [3.8, 4) is 0 Å². The Morgan fingerprint density at radius 1 is 1.25 bits per heavy atom. The second-order valence-electron chi connectivity index (χ2n) is 3.86. The smallest absolute Gasteiger partial charge is 0.0853 e. The molecule has 1 aromatic carbocycles. The van der Waals surface area contributed by atoms with Crippen molar-refractivity contribution in [3.05, 3.63) is 47.8 Å². The minimum atomic E-state index is 0.847. The monoisotopic (exact) mass is 215 g/mol. The van der Waals surface area contributed by atoms with Crippen molar-refractivity contribution in [1.29, 1.82) is 0 Å². The lowest BCUT2D eigenvalue weighted by atomic mass is 10.2. The summed E-state index contributed by atoms with van der Waals surface area (Å²) in [5.74, 6) is 0. The summed E-state index contributed by atoms with van der Waals surface area (Å²) < 4.78 is 1.85. The van der Waals surface area contributed by atoms with Gasteiger partial charge in [-0.1, -0.05) is 37.3 Å². The highest BCUT2D eigenvalue weighted by molar-refractivity contribution is 5.46. The summed E-state index contributed by atoms with van der Waals surface area (Å²) in [7, 11) is 1.95. The quantitative estimate of drug-likeness (QED) is 0.849. The molecule has 0 bridgehead atoms. The molecule has 16 heavy (non-hydrogen) atoms. The molecule has 3 heteroatoms. The van der Waals surface area contributed by atoms with Gasteiger partial charge in [-0.3, -0.25) is 4.68 Å². The van der Waals surface area contributed by atoms with Gasteiger partial charge in [-0.2, -0.15) is 5.10 Å². The van der Waals surface area contributed by atoms with Gasteiger partial charge in [-0.05, 0) is 12.0 Å². The molecule has 0 aliphatic heterocycles. The van der Waals surface area contributed by atoms with Crippen LogP contribution in [0.5, 0.6) is 0 Å². The van der Waals surface area contributed by atoms with Crippen molar-refractivity contribution in [2.24, 2.45) is 7.05 Å². The van der Waals surface area contributed by atoms with Gasteiger partial charge in [-0.15, -0.1) is 0 Å². The van der Waals surface area contributed by atoms with E-state index in [0.717, 1.165) is 24.3 Å². The van der Waals surface area contributed by atoms with Gasteiger partial charge >= 0.3 is 0 Å². The number of aromatic nitrogens is 2. The van der Waals surface area contributed by atoms with Crippen molar-refractivity contribution < 1.29 is 0 Å². The third kappa shape index (κ3) is 2.42. The van der Waals surface area contributed by atoms with Crippen molar-refractivity contribution in [2.45, 2.75) is 19.9 Å². The molecule has 3 nitrogen and oxygen atoms in total. The lowest BCUT2D eigenvalue weighted by Crippen LogP contribution is -2.00. The Morgan fingerprint density at radius 2 is 2.00 bits per heavy atom. The number of anilines is 1. The molecule has 0 fully saturated rings. The average Bonchev–Trinajstić information content (AvgIpc) is 2.68. The molecule has 84 valence electrons. The summed E-state index contributed by atoms with van der Waals surface area (Å²) in [5.41, 5.74) is 3.54. The number of aryl methyl sites for hydroxylation is 2. The zero-order chi connectivity index (χ0) is 11.4. The van der Waals surface area contributed by atoms with Crippen LogP contribution >= 0.6 is 0 Å². The highest BCUT2D eigenvalue weighted by atomic mass is 15.3. The normalized spacial score (nSPS) is 10.4. The molecule has 0 radical (unpaired) electrons. The Bertz CT molecular complexity index is 445. The fourth-order valence-electron chi connectivity index (χ4n) is 1.74. The first kappa shape index (κ1) is 10.7. The van der Waals surface area contributed by atoms with E-state index >= 15 is 0 Å². The van der Waals surface area contributed by atoms with Crippen LogP contribution in [-0.4, -0.2) is 9.78 Å². The molecule has 0 spiro atoms. The number of nitrogens with one attached hydrogen (secondary N) is 1. The zero-order valence-corrected chi connectivity index (χ0v) is 9.77. The third-order valence-corrected chi connectivity index (χ3v) is 2.57. The van der Waals surface area contributed by atoms with Crippen LogP contribution in [0.1, 0.15) is 18.2 Å². The van der Waals surface area contributed by atoms with Crippen molar-refractivity contribution >= 4 is 5.69 Å². The highest BCUT2D eigenvalue weighted by Crippen LogP contribution is 2.14. The van der Waals surface area contributed by atoms with Crippen LogP contribution in [0.3, 0.4) is 0 Å². The summed E-state index contributed by atoms with van der Waals surface area (Å²) in [6, 6.07) is 10.4. The lowest BCUT2D eigenvalue weighted by molar-refractivity contribution is 0.746. The summed E-state index contributed by atoms with van der Waals surface area (Å²) in [4.78, 5) is 0. The van der Waals surface area contributed by atoms with Crippen molar-refractivity contribution in [2.75, 3.05) is 5.32 Å². The van der Waals surface area contributed by atoms with Gasteiger partial charge in [-0.25, -0.2) is 0 Å². The van der Waals surface area contributed by atoms with Crippen LogP contribution in [-0.2, 0) is 20.0 Å². The van der Waals surface area contributed by atoms with E-state index in [4.69, 9.17) is 0 Å². The largest absolute Gasteiger partial charge is 0.378 e. The van der Waals surface area contributed by atoms with Crippen molar-refractivity contribution in [3.63, 3.8) is 0 Å². The van der Waals surface area contributed by atoms with Crippen LogP contribution in [0.4, 0.5) is 5.69 Å². The first-order chi connectivity index (χ1) is 7.79. The van der Waals surface area contributed by atoms with Crippen LogP contribution in [0, 0.1) is 0 Å². The van der Waals surface area contributed by atoms with E-state index in [0.29, 0.717) is 0 Å². The summed E-state index contributed by atoms with van der Waals surface area (Å²) in [6.45, 7) is 2.97. The Hall–Kier alpha value is -1.77. The number of hydrogen-bond acceptors (Lipinski definition) is 2. The van der Waals surface area contributed by atoms with Gasteiger partial charge in [0.15, 0.2) is 0 Å². The Morgan fingerprint density at radius 3 is 2.69 bits per heavy atom. The van der Waals surface area contributed by atoms with Crippen LogP contribution in [0.25, 0.3) is 0 Å². The summed E-state index contributed by atoms with van der Waals surface area (Å²) >= 11 is 0. The molecule has 2 aromatic rings. The molecule has 2 rings (SSSR count). The Balaban J connectivity index is 2.04. The number of benzene rings is 1. The van der Waals surface area contributed by atoms with E-state index in [1.807, 2.05) is 24.0 Å². The average molecular weight is 215 g/mol. The molecule has 1 aromatic heterocycles. The minimum Gasteiger partial charge on any atom is -0.378 e. The molecule has 0 unspecified atom stereocenters.